The summed E-state index contributed by atoms with van der Waals surface area (Å²) in [6.07, 6.45) is 0. The lowest BCUT2D eigenvalue weighted by molar-refractivity contribution is 0.0532. The molecule has 1 fully saturated rings. The third-order valence-electron chi connectivity index (χ3n) is 5.56. The first-order valence-corrected chi connectivity index (χ1v) is 10.2. The molecule has 0 spiro atoms. The van der Waals surface area contributed by atoms with Gasteiger partial charge in [0, 0.05) is 51.2 Å². The number of amides is 3. The molecule has 0 aliphatic carbocycles. The van der Waals surface area contributed by atoms with E-state index in [0.29, 0.717) is 48.8 Å². The Morgan fingerprint density at radius 1 is 0.935 bits per heavy atom. The standard InChI is InChI=1S/C23H25N5O3/c1-15-17(8-9-19(24-15)22(30)26(2)3)21(29)27-10-12-28(13-11-27)23(31)20-14-16-6-4-5-7-18(16)25-20/h4-9,14,25H,10-13H2,1-3H3. The number of fused-ring (bicyclic) bond motifs is 1. The fraction of sp³-hybridized carbons (Fsp3) is 0.304. The summed E-state index contributed by atoms with van der Waals surface area (Å²) in [5.74, 6) is -0.398. The third kappa shape index (κ3) is 4.01. The average Bonchev–Trinajstić information content (AvgIpc) is 3.22. The van der Waals surface area contributed by atoms with Crippen molar-refractivity contribution in [3.05, 3.63) is 65.1 Å². The number of nitrogens with zero attached hydrogens (tertiary/aromatic N) is 4. The van der Waals surface area contributed by atoms with Crippen LogP contribution in [0.1, 0.15) is 37.0 Å². The van der Waals surface area contributed by atoms with Crippen molar-refractivity contribution in [2.45, 2.75) is 6.92 Å². The minimum absolute atomic E-state index is 0.0623. The van der Waals surface area contributed by atoms with E-state index in [-0.39, 0.29) is 17.7 Å². The van der Waals surface area contributed by atoms with Crippen LogP contribution >= 0.6 is 0 Å². The van der Waals surface area contributed by atoms with Crippen LogP contribution in [0.15, 0.2) is 42.5 Å². The molecule has 0 radical (unpaired) electrons. The molecule has 1 aliphatic rings. The van der Waals surface area contributed by atoms with Crippen LogP contribution in [0, 0.1) is 6.92 Å². The molecular formula is C23H25N5O3. The predicted octanol–water partition coefficient (Wildman–Crippen LogP) is 2.17. The molecule has 1 saturated heterocycles. The normalized spacial score (nSPS) is 14.0. The maximum Gasteiger partial charge on any atom is 0.271 e. The first-order valence-electron chi connectivity index (χ1n) is 10.2. The largest absolute Gasteiger partial charge is 0.351 e. The maximum absolute atomic E-state index is 13.0. The lowest BCUT2D eigenvalue weighted by atomic mass is 10.1. The monoisotopic (exact) mass is 419 g/mol. The summed E-state index contributed by atoms with van der Waals surface area (Å²) in [5, 5.41) is 0.999. The van der Waals surface area contributed by atoms with Crippen molar-refractivity contribution in [1.29, 1.82) is 0 Å². The molecule has 1 aliphatic heterocycles. The number of hydrogen-bond donors (Lipinski definition) is 1. The molecule has 3 heterocycles. The molecule has 1 aromatic carbocycles. The highest BCUT2D eigenvalue weighted by molar-refractivity contribution is 5.99. The topological polar surface area (TPSA) is 89.6 Å². The number of aromatic amines is 1. The lowest BCUT2D eigenvalue weighted by Gasteiger charge is -2.34. The molecule has 3 amide bonds. The second-order valence-electron chi connectivity index (χ2n) is 7.88. The summed E-state index contributed by atoms with van der Waals surface area (Å²) in [6, 6.07) is 12.9. The van der Waals surface area contributed by atoms with Gasteiger partial charge in [0.05, 0.1) is 11.3 Å². The number of nitrogens with one attached hydrogen (secondary N) is 1. The molecule has 31 heavy (non-hydrogen) atoms. The number of carbonyl (C=O) groups excluding carboxylic acids is 3. The van der Waals surface area contributed by atoms with E-state index in [9.17, 15) is 14.4 Å². The highest BCUT2D eigenvalue weighted by atomic mass is 16.2. The van der Waals surface area contributed by atoms with Gasteiger partial charge in [-0.15, -0.1) is 0 Å². The summed E-state index contributed by atoms with van der Waals surface area (Å²) >= 11 is 0. The zero-order valence-corrected chi connectivity index (χ0v) is 17.9. The van der Waals surface area contributed by atoms with Gasteiger partial charge in [-0.2, -0.15) is 0 Å². The number of rotatable bonds is 3. The molecule has 0 bridgehead atoms. The Hall–Kier alpha value is -3.68. The fourth-order valence-corrected chi connectivity index (χ4v) is 3.78. The second kappa shape index (κ2) is 8.22. The number of carbonyl (C=O) groups is 3. The lowest BCUT2D eigenvalue weighted by Crippen LogP contribution is -2.50. The number of para-hydroxylation sites is 1. The van der Waals surface area contributed by atoms with Gasteiger partial charge in [0.15, 0.2) is 0 Å². The molecule has 160 valence electrons. The van der Waals surface area contributed by atoms with Gasteiger partial charge in [-0.1, -0.05) is 18.2 Å². The number of piperazine rings is 1. The summed E-state index contributed by atoms with van der Waals surface area (Å²) in [5.41, 5.74) is 2.80. The number of pyridine rings is 1. The van der Waals surface area contributed by atoms with Crippen molar-refractivity contribution in [3.63, 3.8) is 0 Å². The Balaban J connectivity index is 1.42. The van der Waals surface area contributed by atoms with E-state index in [0.717, 1.165) is 10.9 Å². The Morgan fingerprint density at radius 2 is 1.58 bits per heavy atom. The van der Waals surface area contributed by atoms with Crippen molar-refractivity contribution in [3.8, 4) is 0 Å². The van der Waals surface area contributed by atoms with Crippen LogP contribution < -0.4 is 0 Å². The van der Waals surface area contributed by atoms with Crippen LogP contribution in [0.25, 0.3) is 10.9 Å². The maximum atomic E-state index is 13.0. The molecule has 8 nitrogen and oxygen atoms in total. The number of H-pyrrole nitrogens is 1. The van der Waals surface area contributed by atoms with Crippen LogP contribution in [-0.4, -0.2) is 82.7 Å². The third-order valence-corrected chi connectivity index (χ3v) is 5.56. The van der Waals surface area contributed by atoms with Crippen molar-refractivity contribution in [1.82, 2.24) is 24.7 Å². The molecule has 1 N–H and O–H groups in total. The number of aromatic nitrogens is 2. The Bertz CT molecular complexity index is 1130. The first kappa shape index (κ1) is 20.6. The van der Waals surface area contributed by atoms with E-state index in [1.807, 2.05) is 30.3 Å². The van der Waals surface area contributed by atoms with E-state index in [1.165, 1.54) is 4.90 Å². The van der Waals surface area contributed by atoms with Crippen molar-refractivity contribution in [2.75, 3.05) is 40.3 Å². The van der Waals surface area contributed by atoms with E-state index in [1.54, 1.807) is 43.0 Å². The Labute approximate surface area is 180 Å². The van der Waals surface area contributed by atoms with Gasteiger partial charge in [-0.05, 0) is 31.2 Å². The van der Waals surface area contributed by atoms with E-state index in [2.05, 4.69) is 9.97 Å². The molecule has 4 rings (SSSR count). The molecule has 2 aromatic heterocycles. The van der Waals surface area contributed by atoms with Gasteiger partial charge in [-0.3, -0.25) is 14.4 Å². The quantitative estimate of drug-likeness (QED) is 0.705. The smallest absolute Gasteiger partial charge is 0.271 e. The highest BCUT2D eigenvalue weighted by Crippen LogP contribution is 2.18. The highest BCUT2D eigenvalue weighted by Gasteiger charge is 2.27. The van der Waals surface area contributed by atoms with Crippen LogP contribution in [0.2, 0.25) is 0 Å². The zero-order valence-electron chi connectivity index (χ0n) is 17.9. The zero-order chi connectivity index (χ0) is 22.1. The molecule has 3 aromatic rings. The van der Waals surface area contributed by atoms with Gasteiger partial charge in [-0.25, -0.2) is 4.98 Å². The van der Waals surface area contributed by atoms with E-state index < -0.39 is 0 Å². The molecule has 0 saturated carbocycles. The van der Waals surface area contributed by atoms with Crippen molar-refractivity contribution < 1.29 is 14.4 Å². The van der Waals surface area contributed by atoms with Crippen molar-refractivity contribution >= 4 is 28.6 Å². The molecule has 0 unspecified atom stereocenters. The fourth-order valence-electron chi connectivity index (χ4n) is 3.78. The minimum Gasteiger partial charge on any atom is -0.351 e. The molecule has 8 heteroatoms. The predicted molar refractivity (Wildman–Crippen MR) is 117 cm³/mol. The molecular weight excluding hydrogens is 394 g/mol. The van der Waals surface area contributed by atoms with E-state index in [4.69, 9.17) is 0 Å². The summed E-state index contributed by atoms with van der Waals surface area (Å²) < 4.78 is 0. The summed E-state index contributed by atoms with van der Waals surface area (Å²) in [6.45, 7) is 3.55. The first-order chi connectivity index (χ1) is 14.8. The summed E-state index contributed by atoms with van der Waals surface area (Å²) in [7, 11) is 3.32. The minimum atomic E-state index is -0.203. The van der Waals surface area contributed by atoms with Crippen LogP contribution in [0.5, 0.6) is 0 Å². The Kier molecular flexibility index (Phi) is 5.46. The van der Waals surface area contributed by atoms with Crippen molar-refractivity contribution in [2.24, 2.45) is 0 Å². The van der Waals surface area contributed by atoms with Gasteiger partial charge in [0.1, 0.15) is 11.4 Å². The van der Waals surface area contributed by atoms with Gasteiger partial charge < -0.3 is 19.7 Å². The SMILES string of the molecule is Cc1nc(C(=O)N(C)C)ccc1C(=O)N1CCN(C(=O)c2cc3ccccc3[nH]2)CC1. The summed E-state index contributed by atoms with van der Waals surface area (Å²) in [4.78, 5) is 50.4. The molecule has 0 atom stereocenters. The number of benzene rings is 1. The van der Waals surface area contributed by atoms with Crippen LogP contribution in [0.3, 0.4) is 0 Å². The van der Waals surface area contributed by atoms with Crippen LogP contribution in [-0.2, 0) is 0 Å². The van der Waals surface area contributed by atoms with Crippen LogP contribution in [0.4, 0.5) is 0 Å². The van der Waals surface area contributed by atoms with Gasteiger partial charge in [0.25, 0.3) is 17.7 Å². The van der Waals surface area contributed by atoms with E-state index >= 15 is 0 Å². The van der Waals surface area contributed by atoms with Gasteiger partial charge in [0.2, 0.25) is 0 Å². The Morgan fingerprint density at radius 3 is 2.19 bits per heavy atom. The van der Waals surface area contributed by atoms with Gasteiger partial charge >= 0.3 is 0 Å². The number of aryl methyl sites for hydroxylation is 1. The number of hydrogen-bond acceptors (Lipinski definition) is 4. The average molecular weight is 419 g/mol. The second-order valence-corrected chi connectivity index (χ2v) is 7.88.